The van der Waals surface area contributed by atoms with Gasteiger partial charge in [-0.3, -0.25) is 4.68 Å². The van der Waals surface area contributed by atoms with Crippen molar-refractivity contribution in [2.45, 2.75) is 6.04 Å². The lowest BCUT2D eigenvalue weighted by molar-refractivity contribution is 0.347. The van der Waals surface area contributed by atoms with Crippen molar-refractivity contribution in [3.63, 3.8) is 0 Å². The summed E-state index contributed by atoms with van der Waals surface area (Å²) in [5.41, 5.74) is 8.01. The zero-order valence-corrected chi connectivity index (χ0v) is 12.1. The van der Waals surface area contributed by atoms with Crippen LogP contribution in [0.1, 0.15) is 17.3 Å². The zero-order valence-electron chi connectivity index (χ0n) is 12.1. The number of aryl methyl sites for hydroxylation is 1. The van der Waals surface area contributed by atoms with E-state index in [1.165, 1.54) is 0 Å². The van der Waals surface area contributed by atoms with Gasteiger partial charge in [0.15, 0.2) is 11.5 Å². The molecule has 1 unspecified atom stereocenters. The third-order valence-corrected chi connectivity index (χ3v) is 3.25. The first-order chi connectivity index (χ1) is 9.62. The summed E-state index contributed by atoms with van der Waals surface area (Å²) in [7, 11) is 6.62. The van der Waals surface area contributed by atoms with Crippen LogP contribution in [0.3, 0.4) is 0 Å². The highest BCUT2D eigenvalue weighted by molar-refractivity contribution is 5.53. The van der Waals surface area contributed by atoms with Gasteiger partial charge in [0.25, 0.3) is 0 Å². The minimum atomic E-state index is -0.364. The first-order valence-corrected chi connectivity index (χ1v) is 6.15. The second-order valence-electron chi connectivity index (χ2n) is 4.31. The molecule has 0 saturated carbocycles. The quantitative estimate of drug-likeness (QED) is 0.896. The van der Waals surface area contributed by atoms with Crippen LogP contribution in [-0.4, -0.2) is 31.1 Å². The smallest absolute Gasteiger partial charge is 0.164 e. The molecule has 0 aliphatic rings. The summed E-state index contributed by atoms with van der Waals surface area (Å²) < 4.78 is 17.7. The Balaban J connectivity index is 2.52. The molecule has 1 atom stereocenters. The van der Waals surface area contributed by atoms with Crippen molar-refractivity contribution < 1.29 is 14.2 Å². The largest absolute Gasteiger partial charge is 0.496 e. The maximum absolute atomic E-state index is 6.32. The lowest BCUT2D eigenvalue weighted by atomic mass is 10.0. The Morgan fingerprint density at radius 2 is 1.65 bits per heavy atom. The molecule has 0 radical (unpaired) electrons. The van der Waals surface area contributed by atoms with Crippen LogP contribution in [0.2, 0.25) is 0 Å². The number of nitrogens with two attached hydrogens (primary N) is 1. The number of aromatic nitrogens is 2. The third kappa shape index (κ3) is 2.42. The molecule has 2 rings (SSSR count). The fraction of sp³-hybridized carbons (Fsp3) is 0.357. The van der Waals surface area contributed by atoms with Gasteiger partial charge in [-0.25, -0.2) is 0 Å². The highest BCUT2D eigenvalue weighted by Crippen LogP contribution is 2.38. The lowest BCUT2D eigenvalue weighted by Crippen LogP contribution is -2.17. The number of nitrogens with zero attached hydrogens (tertiary/aromatic N) is 2. The predicted octanol–water partition coefficient (Wildman–Crippen LogP) is 1.49. The average molecular weight is 277 g/mol. The minimum absolute atomic E-state index is 0.364. The summed E-state index contributed by atoms with van der Waals surface area (Å²) in [6.45, 7) is 0. The van der Waals surface area contributed by atoms with Crippen molar-refractivity contribution >= 4 is 0 Å². The van der Waals surface area contributed by atoms with Gasteiger partial charge >= 0.3 is 0 Å². The number of benzene rings is 1. The lowest BCUT2D eigenvalue weighted by Gasteiger charge is -2.18. The van der Waals surface area contributed by atoms with Crippen LogP contribution in [0.5, 0.6) is 17.2 Å². The van der Waals surface area contributed by atoms with E-state index in [2.05, 4.69) is 5.10 Å². The summed E-state index contributed by atoms with van der Waals surface area (Å²) in [4.78, 5) is 0. The molecule has 2 N–H and O–H groups in total. The van der Waals surface area contributed by atoms with E-state index in [1.54, 1.807) is 38.3 Å². The van der Waals surface area contributed by atoms with E-state index in [-0.39, 0.29) is 6.04 Å². The Bertz CT molecular complexity index is 595. The number of hydrogen-bond donors (Lipinski definition) is 1. The standard InChI is InChI=1S/C14H19N3O3/c1-17-10(5-6-16-17)14(15)9-7-12(19-3)13(20-4)8-11(9)18-2/h5-8,14H,15H2,1-4H3. The fourth-order valence-corrected chi connectivity index (χ4v) is 2.14. The van der Waals surface area contributed by atoms with Crippen molar-refractivity contribution in [1.82, 2.24) is 9.78 Å². The van der Waals surface area contributed by atoms with E-state index >= 15 is 0 Å². The molecule has 0 amide bonds. The van der Waals surface area contributed by atoms with E-state index in [0.29, 0.717) is 17.2 Å². The Morgan fingerprint density at radius 3 is 2.15 bits per heavy atom. The number of rotatable bonds is 5. The molecule has 0 fully saturated rings. The Morgan fingerprint density at radius 1 is 1.05 bits per heavy atom. The zero-order chi connectivity index (χ0) is 14.7. The van der Waals surface area contributed by atoms with Gasteiger partial charge in [0.05, 0.1) is 33.1 Å². The van der Waals surface area contributed by atoms with Gasteiger partial charge in [-0.1, -0.05) is 0 Å². The predicted molar refractivity (Wildman–Crippen MR) is 75.3 cm³/mol. The minimum Gasteiger partial charge on any atom is -0.496 e. The van der Waals surface area contributed by atoms with Crippen LogP contribution in [0.15, 0.2) is 24.4 Å². The highest BCUT2D eigenvalue weighted by atomic mass is 16.5. The topological polar surface area (TPSA) is 71.5 Å². The molecule has 0 saturated heterocycles. The molecule has 0 aliphatic heterocycles. The average Bonchev–Trinajstić information content (AvgIpc) is 2.91. The van der Waals surface area contributed by atoms with Gasteiger partial charge in [0.2, 0.25) is 0 Å². The van der Waals surface area contributed by atoms with Crippen LogP contribution in [0.25, 0.3) is 0 Å². The molecule has 0 bridgehead atoms. The Hall–Kier alpha value is -2.21. The van der Waals surface area contributed by atoms with E-state index in [4.69, 9.17) is 19.9 Å². The number of ether oxygens (including phenoxy) is 3. The van der Waals surface area contributed by atoms with Crippen LogP contribution < -0.4 is 19.9 Å². The van der Waals surface area contributed by atoms with Gasteiger partial charge in [-0.2, -0.15) is 5.10 Å². The van der Waals surface area contributed by atoms with E-state index in [9.17, 15) is 0 Å². The van der Waals surface area contributed by atoms with Gasteiger partial charge in [-0.15, -0.1) is 0 Å². The fourth-order valence-electron chi connectivity index (χ4n) is 2.14. The molecule has 2 aromatic rings. The summed E-state index contributed by atoms with van der Waals surface area (Å²) >= 11 is 0. The first kappa shape index (κ1) is 14.2. The molecule has 1 heterocycles. The molecule has 1 aromatic carbocycles. The maximum atomic E-state index is 6.32. The van der Waals surface area contributed by atoms with Crippen molar-refractivity contribution in [3.05, 3.63) is 35.7 Å². The van der Waals surface area contributed by atoms with Crippen LogP contribution in [-0.2, 0) is 7.05 Å². The van der Waals surface area contributed by atoms with Gasteiger partial charge < -0.3 is 19.9 Å². The molecule has 1 aromatic heterocycles. The SMILES string of the molecule is COc1cc(OC)c(C(N)c2ccnn2C)cc1OC. The van der Waals surface area contributed by atoms with Gasteiger partial charge in [-0.05, 0) is 12.1 Å². The Kier molecular flexibility index (Phi) is 4.14. The third-order valence-electron chi connectivity index (χ3n) is 3.25. The second-order valence-corrected chi connectivity index (χ2v) is 4.31. The number of hydrogen-bond acceptors (Lipinski definition) is 5. The van der Waals surface area contributed by atoms with Crippen molar-refractivity contribution in [3.8, 4) is 17.2 Å². The van der Waals surface area contributed by atoms with Crippen LogP contribution in [0.4, 0.5) is 0 Å². The second kappa shape index (κ2) is 5.83. The molecule has 0 spiro atoms. The molecule has 6 heteroatoms. The molecule has 108 valence electrons. The summed E-state index contributed by atoms with van der Waals surface area (Å²) in [6.07, 6.45) is 1.71. The van der Waals surface area contributed by atoms with Crippen molar-refractivity contribution in [2.75, 3.05) is 21.3 Å². The molecule has 0 aliphatic carbocycles. The summed E-state index contributed by atoms with van der Waals surface area (Å²) in [6, 6.07) is 5.11. The molecule has 20 heavy (non-hydrogen) atoms. The highest BCUT2D eigenvalue weighted by Gasteiger charge is 2.20. The van der Waals surface area contributed by atoms with E-state index < -0.39 is 0 Å². The molecular weight excluding hydrogens is 258 g/mol. The number of methoxy groups -OCH3 is 3. The first-order valence-electron chi connectivity index (χ1n) is 6.15. The summed E-state index contributed by atoms with van der Waals surface area (Å²) in [5.74, 6) is 1.86. The summed E-state index contributed by atoms with van der Waals surface area (Å²) in [5, 5.41) is 4.13. The molecule has 6 nitrogen and oxygen atoms in total. The van der Waals surface area contributed by atoms with E-state index in [0.717, 1.165) is 11.3 Å². The van der Waals surface area contributed by atoms with Crippen LogP contribution >= 0.6 is 0 Å². The monoisotopic (exact) mass is 277 g/mol. The normalized spacial score (nSPS) is 12.1. The Labute approximate surface area is 118 Å². The van der Waals surface area contributed by atoms with Crippen molar-refractivity contribution in [1.29, 1.82) is 0 Å². The van der Waals surface area contributed by atoms with Gasteiger partial charge in [0, 0.05) is 24.9 Å². The van der Waals surface area contributed by atoms with Crippen molar-refractivity contribution in [2.24, 2.45) is 12.8 Å². The van der Waals surface area contributed by atoms with Crippen LogP contribution in [0, 0.1) is 0 Å². The molecular formula is C14H19N3O3. The van der Waals surface area contributed by atoms with Gasteiger partial charge in [0.1, 0.15) is 5.75 Å². The van der Waals surface area contributed by atoms with E-state index in [1.807, 2.05) is 19.2 Å². The maximum Gasteiger partial charge on any atom is 0.164 e.